The molecule has 0 saturated carbocycles. The Kier molecular flexibility index (Phi) is 16.5. The maximum absolute atomic E-state index is 12.7. The van der Waals surface area contributed by atoms with Crippen LogP contribution in [0.1, 0.15) is 65.7 Å². The van der Waals surface area contributed by atoms with Gasteiger partial charge < -0.3 is 19.6 Å². The van der Waals surface area contributed by atoms with Gasteiger partial charge in [-0.15, -0.1) is 0 Å². The predicted octanol–water partition coefficient (Wildman–Crippen LogP) is 6.98. The van der Waals surface area contributed by atoms with E-state index in [1.807, 2.05) is 44.2 Å². The van der Waals surface area contributed by atoms with E-state index in [1.165, 1.54) is 0 Å². The summed E-state index contributed by atoms with van der Waals surface area (Å²) in [6.45, 7) is 13.3. The summed E-state index contributed by atoms with van der Waals surface area (Å²) in [4.78, 5) is 31.5. The molecule has 4 unspecified atom stereocenters. The third-order valence-corrected chi connectivity index (χ3v) is 6.90. The molecule has 1 rings (SSSR count). The molecule has 216 valence electrons. The molecule has 0 amide bonds. The Morgan fingerprint density at radius 2 is 1.92 bits per heavy atom. The lowest BCUT2D eigenvalue weighted by atomic mass is 9.93. The number of hydrogen-bond acceptors (Lipinski definition) is 5. The molecule has 0 aliphatic carbocycles. The van der Waals surface area contributed by atoms with Crippen molar-refractivity contribution in [1.82, 2.24) is 0 Å². The third kappa shape index (κ3) is 16.2. The number of rotatable bonds is 6. The molecule has 0 aromatic rings. The number of ether oxygens (including phenoxy) is 1. The maximum atomic E-state index is 12.7. The van der Waals surface area contributed by atoms with Crippen LogP contribution in [0.3, 0.4) is 0 Å². The zero-order valence-electron chi connectivity index (χ0n) is 23.4. The van der Waals surface area contributed by atoms with Gasteiger partial charge in [0.1, 0.15) is 6.10 Å². The Labute approximate surface area is 233 Å². The zero-order valence-corrected chi connectivity index (χ0v) is 24.3. The standard InChI is InChI=1S/C31H45O7P/c1-6-16-24(2)21-22-28-18-15-14-17-25(3)30(38-39(34,35)36)20-13-11-9-7-8-10-12-19-29(32)27(5)26(4)23-31(33)37-28/h6-10,12,14-17,19,27-30,32H,1,4,11,13,18,20-23H2,2-3,5H3,(H2,34,35,36)/b9-7+,10-8+,15-14+,19-12-,24-16-,25-17-. The van der Waals surface area contributed by atoms with Crippen LogP contribution in [0.4, 0.5) is 0 Å². The fraction of sp³-hybridized carbons (Fsp3) is 0.452. The van der Waals surface area contributed by atoms with Crippen molar-refractivity contribution < 1.29 is 33.5 Å². The van der Waals surface area contributed by atoms with Crippen molar-refractivity contribution in [3.8, 4) is 0 Å². The molecule has 0 aromatic heterocycles. The van der Waals surface area contributed by atoms with Crippen molar-refractivity contribution >= 4 is 13.8 Å². The first-order valence-corrected chi connectivity index (χ1v) is 14.9. The van der Waals surface area contributed by atoms with Crippen LogP contribution in [-0.2, 0) is 18.6 Å². The molecule has 3 N–H and O–H groups in total. The highest BCUT2D eigenvalue weighted by Crippen LogP contribution is 2.40. The molecule has 39 heavy (non-hydrogen) atoms. The van der Waals surface area contributed by atoms with E-state index >= 15 is 0 Å². The van der Waals surface area contributed by atoms with Crippen LogP contribution in [0.2, 0.25) is 0 Å². The van der Waals surface area contributed by atoms with Gasteiger partial charge in [0.15, 0.2) is 0 Å². The van der Waals surface area contributed by atoms with Gasteiger partial charge in [0, 0.05) is 12.3 Å². The summed E-state index contributed by atoms with van der Waals surface area (Å²) in [7, 11) is -4.66. The Hall–Kier alpha value is -2.54. The van der Waals surface area contributed by atoms with Crippen LogP contribution in [0.25, 0.3) is 0 Å². The molecule has 4 atom stereocenters. The van der Waals surface area contributed by atoms with Crippen molar-refractivity contribution in [1.29, 1.82) is 0 Å². The second kappa shape index (κ2) is 18.7. The first-order valence-electron chi connectivity index (χ1n) is 13.3. The molecule has 8 heteroatoms. The minimum absolute atomic E-state index is 0.00669. The Balaban J connectivity index is 3.16. The fourth-order valence-electron chi connectivity index (χ4n) is 3.87. The van der Waals surface area contributed by atoms with E-state index in [-0.39, 0.29) is 18.4 Å². The highest BCUT2D eigenvalue weighted by Gasteiger charge is 2.23. The summed E-state index contributed by atoms with van der Waals surface area (Å²) < 4.78 is 22.3. The summed E-state index contributed by atoms with van der Waals surface area (Å²) in [5.41, 5.74) is 2.40. The van der Waals surface area contributed by atoms with E-state index in [1.54, 1.807) is 43.4 Å². The predicted molar refractivity (Wildman–Crippen MR) is 158 cm³/mol. The fourth-order valence-corrected chi connectivity index (χ4v) is 4.47. The van der Waals surface area contributed by atoms with Crippen LogP contribution in [0.15, 0.2) is 96.7 Å². The monoisotopic (exact) mass is 560 g/mol. The molecule has 0 radical (unpaired) electrons. The summed E-state index contributed by atoms with van der Waals surface area (Å²) in [6, 6.07) is 0. The van der Waals surface area contributed by atoms with Gasteiger partial charge in [0.25, 0.3) is 0 Å². The SMILES string of the molecule is C=C/C=C(/C)CCC1C/C=C/C=C(/C)C(OP(=O)(O)O)CCC/C=C/C=C/C=C\C(O)C(C)C(=C)CC(=O)O1. The Morgan fingerprint density at radius 1 is 1.21 bits per heavy atom. The second-order valence-corrected chi connectivity index (χ2v) is 11.0. The maximum Gasteiger partial charge on any atom is 0.470 e. The highest BCUT2D eigenvalue weighted by atomic mass is 31.2. The zero-order chi connectivity index (χ0) is 29.3. The van der Waals surface area contributed by atoms with E-state index in [0.717, 1.165) is 12.0 Å². The molecular weight excluding hydrogens is 515 g/mol. The van der Waals surface area contributed by atoms with Crippen molar-refractivity contribution in [3.63, 3.8) is 0 Å². The number of phosphoric acid groups is 1. The smallest absolute Gasteiger partial charge is 0.462 e. The van der Waals surface area contributed by atoms with E-state index in [0.29, 0.717) is 43.3 Å². The number of esters is 1. The molecule has 1 aliphatic rings. The van der Waals surface area contributed by atoms with Crippen molar-refractivity contribution in [2.45, 2.75) is 84.0 Å². The van der Waals surface area contributed by atoms with E-state index in [4.69, 9.17) is 9.26 Å². The van der Waals surface area contributed by atoms with Gasteiger partial charge in [-0.2, -0.15) is 0 Å². The topological polar surface area (TPSA) is 113 Å². The van der Waals surface area contributed by atoms with Crippen molar-refractivity contribution in [3.05, 3.63) is 96.7 Å². The number of carbonyl (C=O) groups is 1. The van der Waals surface area contributed by atoms with Crippen LogP contribution >= 0.6 is 7.82 Å². The Bertz CT molecular complexity index is 1030. The second-order valence-electron chi connectivity index (χ2n) is 9.80. The first kappa shape index (κ1) is 34.5. The quantitative estimate of drug-likeness (QED) is 0.139. The lowest BCUT2D eigenvalue weighted by Gasteiger charge is -2.21. The van der Waals surface area contributed by atoms with Gasteiger partial charge in [-0.05, 0) is 51.5 Å². The lowest BCUT2D eigenvalue weighted by molar-refractivity contribution is -0.148. The minimum Gasteiger partial charge on any atom is -0.462 e. The highest BCUT2D eigenvalue weighted by molar-refractivity contribution is 7.46. The largest absolute Gasteiger partial charge is 0.470 e. The van der Waals surface area contributed by atoms with Crippen molar-refractivity contribution in [2.24, 2.45) is 5.92 Å². The average molecular weight is 561 g/mol. The molecule has 0 saturated heterocycles. The van der Waals surface area contributed by atoms with Gasteiger partial charge in [-0.25, -0.2) is 4.57 Å². The van der Waals surface area contributed by atoms with E-state index < -0.39 is 26.0 Å². The normalized spacial score (nSPS) is 30.0. The van der Waals surface area contributed by atoms with Gasteiger partial charge >= 0.3 is 13.8 Å². The van der Waals surface area contributed by atoms with Gasteiger partial charge in [0.2, 0.25) is 0 Å². The number of aliphatic hydroxyl groups excluding tert-OH is 1. The summed E-state index contributed by atoms with van der Waals surface area (Å²) in [5.74, 6) is -0.719. The first-order chi connectivity index (χ1) is 18.4. The van der Waals surface area contributed by atoms with Crippen LogP contribution < -0.4 is 0 Å². The summed E-state index contributed by atoms with van der Waals surface area (Å²) in [5, 5.41) is 10.5. The molecule has 0 spiro atoms. The summed E-state index contributed by atoms with van der Waals surface area (Å²) in [6.07, 6.45) is 21.7. The van der Waals surface area contributed by atoms with Crippen LogP contribution in [-0.4, -0.2) is 39.2 Å². The molecule has 0 bridgehead atoms. The number of aliphatic hydroxyl groups is 1. The van der Waals surface area contributed by atoms with Gasteiger partial charge in [-0.1, -0.05) is 98.1 Å². The third-order valence-electron chi connectivity index (χ3n) is 6.37. The molecule has 1 aliphatic heterocycles. The molecule has 1 heterocycles. The lowest BCUT2D eigenvalue weighted by Crippen LogP contribution is -2.22. The number of hydrogen-bond donors (Lipinski definition) is 3. The molecular formula is C31H45O7P. The van der Waals surface area contributed by atoms with Gasteiger partial charge in [0.05, 0.1) is 18.6 Å². The number of cyclic esters (lactones) is 1. The minimum atomic E-state index is -4.66. The van der Waals surface area contributed by atoms with Crippen molar-refractivity contribution in [2.75, 3.05) is 0 Å². The molecule has 0 fully saturated rings. The molecule has 7 nitrogen and oxygen atoms in total. The number of carbonyl (C=O) groups excluding carboxylic acids is 1. The van der Waals surface area contributed by atoms with Crippen LogP contribution in [0, 0.1) is 5.92 Å². The Morgan fingerprint density at radius 3 is 2.62 bits per heavy atom. The van der Waals surface area contributed by atoms with E-state index in [2.05, 4.69) is 13.2 Å². The van der Waals surface area contributed by atoms with Crippen LogP contribution in [0.5, 0.6) is 0 Å². The average Bonchev–Trinajstić information content (AvgIpc) is 2.85. The summed E-state index contributed by atoms with van der Waals surface area (Å²) >= 11 is 0. The van der Waals surface area contributed by atoms with E-state index in [9.17, 15) is 24.3 Å². The number of phosphoric ester groups is 1. The van der Waals surface area contributed by atoms with Gasteiger partial charge in [-0.3, -0.25) is 9.32 Å². The number of allylic oxidation sites excluding steroid dienone is 10. The molecule has 0 aromatic carbocycles.